The van der Waals surface area contributed by atoms with E-state index in [4.69, 9.17) is 5.73 Å². The fraction of sp³-hybridized carbons (Fsp3) is 0.625. The number of rotatable bonds is 4. The van der Waals surface area contributed by atoms with Crippen LogP contribution in [0.3, 0.4) is 0 Å². The van der Waals surface area contributed by atoms with Gasteiger partial charge in [0.15, 0.2) is 0 Å². The van der Waals surface area contributed by atoms with Crippen LogP contribution < -0.4 is 5.73 Å². The monoisotopic (exact) mass is 340 g/mol. The maximum atomic E-state index is 10.2. The molecule has 1 unspecified atom stereocenters. The molecule has 3 N–H and O–H groups in total. The van der Waals surface area contributed by atoms with E-state index in [0.717, 1.165) is 42.1 Å². The molecule has 2 rings (SSSR count). The summed E-state index contributed by atoms with van der Waals surface area (Å²) in [6, 6.07) is 6.89. The van der Waals surface area contributed by atoms with E-state index in [1.165, 1.54) is 0 Å². The van der Waals surface area contributed by atoms with Gasteiger partial charge in [0.05, 0.1) is 0 Å². The van der Waals surface area contributed by atoms with Crippen LogP contribution in [0, 0.1) is 0 Å². The minimum atomic E-state index is 0.256. The average molecular weight is 341 g/mol. The molecule has 0 amide bonds. The molecule has 0 aromatic heterocycles. The SMILES string of the molecule is CCC(c1cc(Br)ccc1O)N(C)C1CCC(N)CC1. The second kappa shape index (κ2) is 6.92. The Kier molecular flexibility index (Phi) is 5.47. The Hall–Kier alpha value is -0.580. The van der Waals surface area contributed by atoms with E-state index in [1.54, 1.807) is 6.07 Å². The third kappa shape index (κ3) is 3.54. The number of nitrogens with two attached hydrogens (primary N) is 1. The third-order valence-corrected chi connectivity index (χ3v) is 5.04. The summed E-state index contributed by atoms with van der Waals surface area (Å²) in [5.41, 5.74) is 7.01. The van der Waals surface area contributed by atoms with E-state index in [0.29, 0.717) is 17.8 Å². The van der Waals surface area contributed by atoms with Crippen LogP contribution in [-0.4, -0.2) is 29.1 Å². The van der Waals surface area contributed by atoms with Gasteiger partial charge in [-0.25, -0.2) is 0 Å². The van der Waals surface area contributed by atoms with E-state index in [1.807, 2.05) is 12.1 Å². The van der Waals surface area contributed by atoms with Gasteiger partial charge >= 0.3 is 0 Å². The summed E-state index contributed by atoms with van der Waals surface area (Å²) in [5.74, 6) is 0.388. The van der Waals surface area contributed by atoms with Crippen molar-refractivity contribution in [2.75, 3.05) is 7.05 Å². The molecule has 0 radical (unpaired) electrons. The maximum absolute atomic E-state index is 10.2. The first-order valence-corrected chi connectivity index (χ1v) is 8.28. The van der Waals surface area contributed by atoms with Crippen LogP contribution in [0.25, 0.3) is 0 Å². The van der Waals surface area contributed by atoms with Gasteiger partial charge in [0.1, 0.15) is 5.75 Å². The first-order chi connectivity index (χ1) is 9.52. The van der Waals surface area contributed by atoms with Gasteiger partial charge in [0.25, 0.3) is 0 Å². The Morgan fingerprint density at radius 3 is 2.60 bits per heavy atom. The Morgan fingerprint density at radius 2 is 2.00 bits per heavy atom. The molecule has 0 aliphatic heterocycles. The van der Waals surface area contributed by atoms with Gasteiger partial charge in [-0.05, 0) is 57.4 Å². The lowest BCUT2D eigenvalue weighted by molar-refractivity contribution is 0.127. The summed E-state index contributed by atoms with van der Waals surface area (Å²) in [5, 5.41) is 10.2. The lowest BCUT2D eigenvalue weighted by Gasteiger charge is -2.38. The summed E-state index contributed by atoms with van der Waals surface area (Å²) >= 11 is 3.50. The molecule has 1 aliphatic carbocycles. The van der Waals surface area contributed by atoms with Gasteiger partial charge in [-0.1, -0.05) is 22.9 Å². The van der Waals surface area contributed by atoms with Crippen molar-refractivity contribution in [1.29, 1.82) is 0 Å². The highest BCUT2D eigenvalue weighted by atomic mass is 79.9. The molecule has 20 heavy (non-hydrogen) atoms. The molecule has 0 heterocycles. The molecule has 112 valence electrons. The molecule has 1 atom stereocenters. The van der Waals surface area contributed by atoms with E-state index < -0.39 is 0 Å². The van der Waals surface area contributed by atoms with Crippen molar-refractivity contribution in [3.63, 3.8) is 0 Å². The number of halogens is 1. The molecular formula is C16H25BrN2O. The summed E-state index contributed by atoms with van der Waals surface area (Å²) in [4.78, 5) is 2.42. The number of benzene rings is 1. The average Bonchev–Trinajstić information content (AvgIpc) is 2.44. The third-order valence-electron chi connectivity index (χ3n) is 4.54. The lowest BCUT2D eigenvalue weighted by Crippen LogP contribution is -2.40. The molecule has 0 spiro atoms. The highest BCUT2D eigenvalue weighted by molar-refractivity contribution is 9.10. The molecule has 1 aliphatic rings. The van der Waals surface area contributed by atoms with E-state index in [2.05, 4.69) is 34.8 Å². The van der Waals surface area contributed by atoms with Crippen molar-refractivity contribution in [2.45, 2.75) is 57.2 Å². The zero-order valence-corrected chi connectivity index (χ0v) is 13.9. The Morgan fingerprint density at radius 1 is 1.35 bits per heavy atom. The lowest BCUT2D eigenvalue weighted by atomic mass is 9.89. The summed E-state index contributed by atoms with van der Waals surface area (Å²) in [6.07, 6.45) is 5.51. The van der Waals surface area contributed by atoms with Crippen molar-refractivity contribution in [3.05, 3.63) is 28.2 Å². The van der Waals surface area contributed by atoms with E-state index >= 15 is 0 Å². The number of aromatic hydroxyl groups is 1. The van der Waals surface area contributed by atoms with Crippen molar-refractivity contribution in [3.8, 4) is 5.75 Å². The van der Waals surface area contributed by atoms with Gasteiger partial charge in [-0.2, -0.15) is 0 Å². The number of hydrogen-bond donors (Lipinski definition) is 2. The Bertz CT molecular complexity index is 444. The van der Waals surface area contributed by atoms with Crippen molar-refractivity contribution >= 4 is 15.9 Å². The van der Waals surface area contributed by atoms with Gasteiger partial charge in [0.2, 0.25) is 0 Å². The predicted molar refractivity (Wildman–Crippen MR) is 86.8 cm³/mol. The largest absolute Gasteiger partial charge is 0.508 e. The number of hydrogen-bond acceptors (Lipinski definition) is 3. The standard InChI is InChI=1S/C16H25BrN2O/c1-3-15(14-10-11(17)4-9-16(14)20)19(2)13-7-5-12(18)6-8-13/h4,9-10,12-13,15,20H,3,5-8,18H2,1-2H3. The molecule has 0 bridgehead atoms. The van der Waals surface area contributed by atoms with Gasteiger partial charge in [-0.3, -0.25) is 4.90 Å². The molecule has 0 saturated heterocycles. The summed E-state index contributed by atoms with van der Waals surface area (Å²) in [7, 11) is 2.18. The van der Waals surface area contributed by atoms with Crippen molar-refractivity contribution in [2.24, 2.45) is 5.73 Å². The number of phenolic OH excluding ortho intramolecular Hbond substituents is 1. The van der Waals surface area contributed by atoms with Crippen LogP contribution in [0.15, 0.2) is 22.7 Å². The molecule has 1 fully saturated rings. The highest BCUT2D eigenvalue weighted by Gasteiger charge is 2.28. The first-order valence-electron chi connectivity index (χ1n) is 7.48. The van der Waals surface area contributed by atoms with Crippen LogP contribution in [0.5, 0.6) is 5.75 Å². The van der Waals surface area contributed by atoms with Gasteiger partial charge in [-0.15, -0.1) is 0 Å². The quantitative estimate of drug-likeness (QED) is 0.876. The smallest absolute Gasteiger partial charge is 0.120 e. The van der Waals surface area contributed by atoms with E-state index in [9.17, 15) is 5.11 Å². The number of phenols is 1. The Balaban J connectivity index is 2.16. The van der Waals surface area contributed by atoms with Crippen LogP contribution in [0.2, 0.25) is 0 Å². The summed E-state index contributed by atoms with van der Waals surface area (Å²) < 4.78 is 1.02. The predicted octanol–water partition coefficient (Wildman–Crippen LogP) is 3.81. The second-order valence-electron chi connectivity index (χ2n) is 5.86. The topological polar surface area (TPSA) is 49.5 Å². The second-order valence-corrected chi connectivity index (χ2v) is 6.78. The molecule has 1 aromatic rings. The Labute approximate surface area is 130 Å². The van der Waals surface area contributed by atoms with Gasteiger partial charge < -0.3 is 10.8 Å². The molecule has 4 heteroatoms. The minimum Gasteiger partial charge on any atom is -0.508 e. The fourth-order valence-corrected chi connectivity index (χ4v) is 3.66. The summed E-state index contributed by atoms with van der Waals surface area (Å²) in [6.45, 7) is 2.18. The number of nitrogens with zero attached hydrogens (tertiary/aromatic N) is 1. The van der Waals surface area contributed by atoms with Crippen LogP contribution >= 0.6 is 15.9 Å². The first kappa shape index (κ1) is 15.8. The minimum absolute atomic E-state index is 0.256. The fourth-order valence-electron chi connectivity index (χ4n) is 3.28. The molecule has 3 nitrogen and oxygen atoms in total. The van der Waals surface area contributed by atoms with Gasteiger partial charge in [0, 0.05) is 28.2 Å². The molecular weight excluding hydrogens is 316 g/mol. The van der Waals surface area contributed by atoms with Crippen LogP contribution in [0.1, 0.15) is 50.6 Å². The zero-order valence-electron chi connectivity index (χ0n) is 12.3. The molecule has 1 saturated carbocycles. The molecule has 1 aromatic carbocycles. The van der Waals surface area contributed by atoms with Crippen molar-refractivity contribution < 1.29 is 5.11 Å². The van der Waals surface area contributed by atoms with Crippen LogP contribution in [0.4, 0.5) is 0 Å². The maximum Gasteiger partial charge on any atom is 0.120 e. The highest BCUT2D eigenvalue weighted by Crippen LogP contribution is 2.36. The zero-order chi connectivity index (χ0) is 14.7. The van der Waals surface area contributed by atoms with E-state index in [-0.39, 0.29) is 6.04 Å². The normalized spacial score (nSPS) is 24.9. The van der Waals surface area contributed by atoms with Crippen molar-refractivity contribution in [1.82, 2.24) is 4.90 Å². The van der Waals surface area contributed by atoms with Crippen LogP contribution in [-0.2, 0) is 0 Å².